The third-order valence-electron chi connectivity index (χ3n) is 6.06. The third-order valence-corrected chi connectivity index (χ3v) is 6.06. The minimum atomic E-state index is -1.34. The number of nitrogens with two attached hydrogens (primary N) is 1. The molecule has 200 valence electrons. The van der Waals surface area contributed by atoms with Gasteiger partial charge in [-0.2, -0.15) is 0 Å². The molecule has 0 fully saturated rings. The van der Waals surface area contributed by atoms with Gasteiger partial charge in [0.15, 0.2) is 0 Å². The van der Waals surface area contributed by atoms with E-state index < -0.39 is 47.8 Å². The van der Waals surface area contributed by atoms with Gasteiger partial charge >= 0.3 is 0 Å². The van der Waals surface area contributed by atoms with Crippen LogP contribution in [0.15, 0.2) is 52.9 Å². The summed E-state index contributed by atoms with van der Waals surface area (Å²) < 4.78 is 47.9. The van der Waals surface area contributed by atoms with Crippen LogP contribution in [0.25, 0.3) is 11.5 Å². The lowest BCUT2D eigenvalue weighted by Crippen LogP contribution is -2.47. The van der Waals surface area contributed by atoms with Crippen molar-refractivity contribution in [2.75, 3.05) is 13.2 Å². The van der Waals surface area contributed by atoms with Gasteiger partial charge in [-0.25, -0.2) is 18.2 Å². The predicted molar refractivity (Wildman–Crippen MR) is 135 cm³/mol. The Hall–Kier alpha value is -3.17. The second-order valence-corrected chi connectivity index (χ2v) is 10.3. The highest BCUT2D eigenvalue weighted by atomic mass is 19.1. The molecule has 3 N–H and O–H groups in total. The largest absolute Gasteiger partial charge is 0.440 e. The maximum Gasteiger partial charge on any atom is 0.251 e. The normalized spacial score (nSPS) is 14.3. The number of halogens is 3. The number of nitrogens with zero attached hydrogens (tertiary/aromatic N) is 2. The van der Waals surface area contributed by atoms with Crippen molar-refractivity contribution >= 4 is 5.91 Å². The second-order valence-electron chi connectivity index (χ2n) is 10.3. The molecule has 0 aliphatic heterocycles. The highest BCUT2D eigenvalue weighted by molar-refractivity contribution is 5.80. The molecular weight excluding hydrogens is 483 g/mol. The lowest BCUT2D eigenvalue weighted by atomic mass is 9.82. The summed E-state index contributed by atoms with van der Waals surface area (Å²) in [6.45, 7) is 6.31. The van der Waals surface area contributed by atoms with E-state index in [1.807, 2.05) is 51.1 Å². The first-order valence-electron chi connectivity index (χ1n) is 12.2. The van der Waals surface area contributed by atoms with Crippen molar-refractivity contribution in [3.05, 3.63) is 77.2 Å². The SMILES string of the molecule is C[C@H](O)C(=O)N(CC[C@H](N)CF)[C@@H](c1nc(-c2cc(F)ccc2F)oc1Cc1ccccc1)C(C)(C)C. The molecule has 3 rings (SSSR count). The van der Waals surface area contributed by atoms with Gasteiger partial charge in [-0.3, -0.25) is 4.79 Å². The fourth-order valence-corrected chi connectivity index (χ4v) is 4.28. The summed E-state index contributed by atoms with van der Waals surface area (Å²) in [5, 5.41) is 10.2. The number of oxazole rings is 1. The molecular formula is C28H34F3N3O3. The maximum atomic E-state index is 14.7. The van der Waals surface area contributed by atoms with Crippen LogP contribution in [0.3, 0.4) is 0 Å². The number of aliphatic hydroxyl groups excluding tert-OH is 1. The molecule has 3 atom stereocenters. The predicted octanol–water partition coefficient (Wildman–Crippen LogP) is 5.19. The van der Waals surface area contributed by atoms with E-state index in [9.17, 15) is 23.1 Å². The third kappa shape index (κ3) is 6.99. The first-order chi connectivity index (χ1) is 17.4. The van der Waals surface area contributed by atoms with Crippen LogP contribution in [0.1, 0.15) is 57.2 Å². The monoisotopic (exact) mass is 517 g/mol. The molecule has 9 heteroatoms. The summed E-state index contributed by atoms with van der Waals surface area (Å²) in [5.74, 6) is -1.71. The zero-order valence-corrected chi connectivity index (χ0v) is 21.5. The number of alkyl halides is 1. The molecule has 37 heavy (non-hydrogen) atoms. The fourth-order valence-electron chi connectivity index (χ4n) is 4.28. The topological polar surface area (TPSA) is 92.6 Å². The number of aromatic nitrogens is 1. The van der Waals surface area contributed by atoms with E-state index in [1.165, 1.54) is 11.8 Å². The van der Waals surface area contributed by atoms with E-state index in [0.717, 1.165) is 23.8 Å². The molecule has 0 radical (unpaired) electrons. The quantitative estimate of drug-likeness (QED) is 0.386. The van der Waals surface area contributed by atoms with E-state index in [2.05, 4.69) is 4.98 Å². The van der Waals surface area contributed by atoms with Gasteiger partial charge in [-0.1, -0.05) is 51.1 Å². The number of carbonyl (C=O) groups is 1. The number of amides is 1. The second kappa shape index (κ2) is 11.9. The van der Waals surface area contributed by atoms with Crippen LogP contribution in [-0.4, -0.2) is 46.3 Å². The van der Waals surface area contributed by atoms with Crippen molar-refractivity contribution in [3.8, 4) is 11.5 Å². The molecule has 0 spiro atoms. The molecule has 0 aliphatic carbocycles. The lowest BCUT2D eigenvalue weighted by Gasteiger charge is -2.40. The first kappa shape index (κ1) is 28.4. The Bertz CT molecular complexity index is 1190. The molecule has 0 saturated carbocycles. The van der Waals surface area contributed by atoms with Crippen LogP contribution in [0.5, 0.6) is 0 Å². The Morgan fingerprint density at radius 3 is 2.43 bits per heavy atom. The van der Waals surface area contributed by atoms with Gasteiger partial charge in [0, 0.05) is 19.0 Å². The van der Waals surface area contributed by atoms with Gasteiger partial charge in [0.2, 0.25) is 5.89 Å². The van der Waals surface area contributed by atoms with E-state index in [4.69, 9.17) is 10.2 Å². The lowest BCUT2D eigenvalue weighted by molar-refractivity contribution is -0.144. The van der Waals surface area contributed by atoms with Gasteiger partial charge < -0.3 is 20.2 Å². The standard InChI is InChI=1S/C28H34F3N3O3/c1-17(35)27(36)34(13-12-20(32)16-29)25(28(2,3)4)24-23(14-18-8-6-5-7-9-18)37-26(33-24)21-15-19(30)10-11-22(21)31/h5-11,15,17,20,25,35H,12-14,16,32H2,1-4H3/t17-,20-,25-/m0/s1. The maximum absolute atomic E-state index is 14.7. The van der Waals surface area contributed by atoms with E-state index >= 15 is 0 Å². The fraction of sp³-hybridized carbons (Fsp3) is 0.429. The smallest absolute Gasteiger partial charge is 0.251 e. The minimum Gasteiger partial charge on any atom is -0.440 e. The average Bonchev–Trinajstić information content (AvgIpc) is 3.24. The van der Waals surface area contributed by atoms with Crippen molar-refractivity contribution in [1.82, 2.24) is 9.88 Å². The highest BCUT2D eigenvalue weighted by Gasteiger charge is 2.40. The van der Waals surface area contributed by atoms with Crippen LogP contribution < -0.4 is 5.73 Å². The Balaban J connectivity index is 2.21. The van der Waals surface area contributed by atoms with Crippen molar-refractivity contribution in [3.63, 3.8) is 0 Å². The van der Waals surface area contributed by atoms with Crippen molar-refractivity contribution in [1.29, 1.82) is 0 Å². The van der Waals surface area contributed by atoms with E-state index in [0.29, 0.717) is 11.5 Å². The average molecular weight is 518 g/mol. The number of benzene rings is 2. The van der Waals surface area contributed by atoms with Crippen LogP contribution in [0.2, 0.25) is 0 Å². The zero-order chi connectivity index (χ0) is 27.3. The number of aliphatic hydroxyl groups is 1. The molecule has 0 saturated heterocycles. The molecule has 0 unspecified atom stereocenters. The van der Waals surface area contributed by atoms with Gasteiger partial charge in [0.1, 0.15) is 35.9 Å². The molecule has 1 heterocycles. The number of rotatable bonds is 10. The number of carbonyl (C=O) groups excluding carboxylic acids is 1. The highest BCUT2D eigenvalue weighted by Crippen LogP contribution is 2.42. The van der Waals surface area contributed by atoms with Gasteiger partial charge in [0.25, 0.3) is 5.91 Å². The number of hydrogen-bond acceptors (Lipinski definition) is 5. The van der Waals surface area contributed by atoms with Crippen LogP contribution in [0.4, 0.5) is 13.2 Å². The summed E-state index contributed by atoms with van der Waals surface area (Å²) in [7, 11) is 0. The molecule has 0 aliphatic rings. The summed E-state index contributed by atoms with van der Waals surface area (Å²) in [4.78, 5) is 19.3. The summed E-state index contributed by atoms with van der Waals surface area (Å²) in [5.41, 5.74) is 6.23. The van der Waals surface area contributed by atoms with Crippen LogP contribution >= 0.6 is 0 Å². The van der Waals surface area contributed by atoms with Crippen LogP contribution in [0, 0.1) is 17.0 Å². The molecule has 3 aromatic rings. The molecule has 0 bridgehead atoms. The van der Waals surface area contributed by atoms with Gasteiger partial charge in [-0.15, -0.1) is 0 Å². The minimum absolute atomic E-state index is 0.0536. The van der Waals surface area contributed by atoms with Crippen molar-refractivity contribution in [2.24, 2.45) is 11.1 Å². The summed E-state index contributed by atoms with van der Waals surface area (Å²) in [6.07, 6.45) is -0.914. The molecule has 2 aromatic carbocycles. The van der Waals surface area contributed by atoms with Crippen LogP contribution in [-0.2, 0) is 11.2 Å². The Morgan fingerprint density at radius 1 is 1.16 bits per heavy atom. The Morgan fingerprint density at radius 2 is 1.84 bits per heavy atom. The Kier molecular flexibility index (Phi) is 9.15. The van der Waals surface area contributed by atoms with E-state index in [1.54, 1.807) is 0 Å². The summed E-state index contributed by atoms with van der Waals surface area (Å²) >= 11 is 0. The first-order valence-corrected chi connectivity index (χ1v) is 12.2. The van der Waals surface area contributed by atoms with Gasteiger partial charge in [-0.05, 0) is 42.5 Å². The summed E-state index contributed by atoms with van der Waals surface area (Å²) in [6, 6.07) is 10.8. The van der Waals surface area contributed by atoms with E-state index in [-0.39, 0.29) is 30.8 Å². The van der Waals surface area contributed by atoms with Crippen molar-refractivity contribution < 1.29 is 27.5 Å². The molecule has 6 nitrogen and oxygen atoms in total. The zero-order valence-electron chi connectivity index (χ0n) is 21.5. The van der Waals surface area contributed by atoms with Crippen molar-refractivity contribution in [2.45, 2.75) is 58.7 Å². The van der Waals surface area contributed by atoms with Gasteiger partial charge in [0.05, 0.1) is 11.6 Å². The molecule has 1 aromatic heterocycles. The molecule has 1 amide bonds. The number of hydrogen-bond donors (Lipinski definition) is 2. The Labute approximate surface area is 215 Å².